The van der Waals surface area contributed by atoms with Gasteiger partial charge in [-0.2, -0.15) is 0 Å². The summed E-state index contributed by atoms with van der Waals surface area (Å²) in [6, 6.07) is 14.1. The molecule has 3 aromatic carbocycles. The number of hydrogen-bond acceptors (Lipinski definition) is 7. The molecule has 3 rings (SSSR count). The maximum Gasteiger partial charge on any atom is 0.335 e. The number of carbonyl (C=O) groups excluding carboxylic acids is 2. The van der Waals surface area contributed by atoms with E-state index in [4.69, 9.17) is 20.0 Å². The minimum absolute atomic E-state index is 0.0313. The molecule has 0 saturated heterocycles. The van der Waals surface area contributed by atoms with Crippen molar-refractivity contribution < 1.29 is 34.1 Å². The zero-order valence-corrected chi connectivity index (χ0v) is 21.0. The van der Waals surface area contributed by atoms with Crippen molar-refractivity contribution >= 4 is 29.7 Å². The lowest BCUT2D eigenvalue weighted by molar-refractivity contribution is -0.106. The van der Waals surface area contributed by atoms with Crippen LogP contribution in [0, 0.1) is 0 Å². The van der Waals surface area contributed by atoms with Crippen LogP contribution < -0.4 is 26.3 Å². The Morgan fingerprint density at radius 1 is 0.919 bits per heavy atom. The Morgan fingerprint density at radius 3 is 2.11 bits per heavy atom. The predicted molar refractivity (Wildman–Crippen MR) is 141 cm³/mol. The highest BCUT2D eigenvalue weighted by Gasteiger charge is 2.18. The highest BCUT2D eigenvalue weighted by molar-refractivity contribution is 6.07. The lowest BCUT2D eigenvalue weighted by atomic mass is 10.0. The Hall–Kier alpha value is -4.73. The van der Waals surface area contributed by atoms with Gasteiger partial charge in [-0.3, -0.25) is 9.59 Å². The maximum atomic E-state index is 12.9. The molecule has 10 heteroatoms. The number of aromatic carboxylic acids is 1. The van der Waals surface area contributed by atoms with E-state index in [0.29, 0.717) is 22.7 Å². The number of nitrogens with one attached hydrogen (secondary N) is 1. The number of nitrogens with two attached hydrogens (primary N) is 2. The van der Waals surface area contributed by atoms with Crippen molar-refractivity contribution in [2.24, 2.45) is 5.73 Å². The van der Waals surface area contributed by atoms with E-state index >= 15 is 0 Å². The van der Waals surface area contributed by atoms with E-state index in [2.05, 4.69) is 11.1 Å². The number of carbonyl (C=O) groups is 3. The quantitative estimate of drug-likeness (QED) is 0.221. The van der Waals surface area contributed by atoms with Gasteiger partial charge in [0.05, 0.1) is 29.0 Å². The summed E-state index contributed by atoms with van der Waals surface area (Å²) in [6.45, 7) is 7.38. The van der Waals surface area contributed by atoms with E-state index in [-0.39, 0.29) is 41.2 Å². The Morgan fingerprint density at radius 2 is 1.54 bits per heavy atom. The van der Waals surface area contributed by atoms with Gasteiger partial charge in [0, 0.05) is 17.3 Å². The van der Waals surface area contributed by atoms with Crippen LogP contribution in [0.1, 0.15) is 48.4 Å². The number of benzene rings is 3. The van der Waals surface area contributed by atoms with Crippen LogP contribution in [0.25, 0.3) is 11.1 Å². The fraction of sp³-hybridized carbons (Fsp3) is 0.222. The van der Waals surface area contributed by atoms with Gasteiger partial charge in [0.15, 0.2) is 0 Å². The smallest absolute Gasteiger partial charge is 0.335 e. The molecule has 0 heterocycles. The van der Waals surface area contributed by atoms with E-state index in [1.165, 1.54) is 30.3 Å². The van der Waals surface area contributed by atoms with Gasteiger partial charge in [0.25, 0.3) is 5.91 Å². The van der Waals surface area contributed by atoms with Gasteiger partial charge in [-0.1, -0.05) is 6.07 Å². The van der Waals surface area contributed by atoms with Gasteiger partial charge in [-0.15, -0.1) is 0 Å². The van der Waals surface area contributed by atoms with Crippen molar-refractivity contribution in [1.82, 2.24) is 0 Å². The van der Waals surface area contributed by atoms with Crippen LogP contribution >= 0.6 is 0 Å². The number of nitrogen functional groups attached to an aromatic ring is 1. The van der Waals surface area contributed by atoms with Crippen LogP contribution in [0.5, 0.6) is 17.2 Å². The number of rotatable bonds is 8. The SMILES string of the molecule is CC(C)Oc1cc(C(=O)O)ccc1NC(=O)c1ccc(-c2ccc(N)cc2OC(C)C)cc1O.NC=O. The third-order valence-electron chi connectivity index (χ3n) is 4.76. The summed E-state index contributed by atoms with van der Waals surface area (Å²) < 4.78 is 11.5. The third-order valence-corrected chi connectivity index (χ3v) is 4.76. The van der Waals surface area contributed by atoms with Gasteiger partial charge in [0.2, 0.25) is 6.41 Å². The molecular formula is C27H31N3O7. The molecule has 10 nitrogen and oxygen atoms in total. The summed E-state index contributed by atoms with van der Waals surface area (Å²) in [7, 11) is 0. The number of carboxylic acid groups (broad SMARTS) is 1. The average molecular weight is 510 g/mol. The minimum Gasteiger partial charge on any atom is -0.507 e. The number of amides is 2. The molecule has 0 bridgehead atoms. The normalized spacial score (nSPS) is 10.3. The fourth-order valence-electron chi connectivity index (χ4n) is 3.32. The molecule has 0 radical (unpaired) electrons. The largest absolute Gasteiger partial charge is 0.507 e. The number of ether oxygens (including phenoxy) is 2. The molecule has 3 aromatic rings. The number of phenols is 1. The second-order valence-corrected chi connectivity index (χ2v) is 8.43. The minimum atomic E-state index is -1.11. The standard InChI is InChI=1S/C26H28N2O6.CH3NO/c1-14(2)33-23-13-18(27)7-9-19(23)16-5-8-20(22(29)11-16)25(30)28-21-10-6-17(26(31)32)12-24(21)34-15(3)4;2-1-3/h5-15,29H,27H2,1-4H3,(H,28,30)(H,31,32);1H,(H2,2,3). The first kappa shape index (κ1) is 28.5. The predicted octanol–water partition coefficient (Wildman–Crippen LogP) is 4.27. The van der Waals surface area contributed by atoms with Crippen LogP contribution in [0.2, 0.25) is 0 Å². The first-order chi connectivity index (χ1) is 17.5. The molecule has 0 aliphatic carbocycles. The van der Waals surface area contributed by atoms with Crippen molar-refractivity contribution in [2.75, 3.05) is 11.1 Å². The summed E-state index contributed by atoms with van der Waals surface area (Å²) in [6.07, 6.45) is -0.0662. The first-order valence-electron chi connectivity index (χ1n) is 11.4. The van der Waals surface area contributed by atoms with E-state index in [9.17, 15) is 19.8 Å². The maximum absolute atomic E-state index is 12.9. The molecule has 0 aromatic heterocycles. The number of carboxylic acids is 1. The third kappa shape index (κ3) is 7.89. The molecule has 0 atom stereocenters. The second-order valence-electron chi connectivity index (χ2n) is 8.43. The van der Waals surface area contributed by atoms with Crippen molar-refractivity contribution in [3.05, 3.63) is 65.7 Å². The van der Waals surface area contributed by atoms with Crippen molar-refractivity contribution in [3.8, 4) is 28.4 Å². The molecule has 0 aliphatic heterocycles. The molecule has 0 unspecified atom stereocenters. The Balaban J connectivity index is 0.00000153. The van der Waals surface area contributed by atoms with Gasteiger partial charge in [-0.05, 0) is 75.7 Å². The van der Waals surface area contributed by atoms with Crippen molar-refractivity contribution in [3.63, 3.8) is 0 Å². The zero-order valence-electron chi connectivity index (χ0n) is 21.0. The molecule has 0 spiro atoms. The molecule has 196 valence electrons. The second kappa shape index (κ2) is 12.8. The summed E-state index contributed by atoms with van der Waals surface area (Å²) in [5, 5.41) is 22.6. The average Bonchev–Trinajstić information content (AvgIpc) is 2.79. The number of aromatic hydroxyl groups is 1. The molecule has 0 aliphatic rings. The molecule has 0 saturated carbocycles. The van der Waals surface area contributed by atoms with Gasteiger partial charge in [0.1, 0.15) is 17.2 Å². The lowest BCUT2D eigenvalue weighted by Gasteiger charge is -2.17. The molecule has 37 heavy (non-hydrogen) atoms. The molecule has 2 amide bonds. The molecule has 7 N–H and O–H groups in total. The van der Waals surface area contributed by atoms with Crippen LogP contribution in [-0.4, -0.2) is 40.7 Å². The van der Waals surface area contributed by atoms with E-state index in [1.807, 2.05) is 13.8 Å². The first-order valence-corrected chi connectivity index (χ1v) is 11.4. The van der Waals surface area contributed by atoms with Gasteiger partial charge < -0.3 is 36.5 Å². The lowest BCUT2D eigenvalue weighted by Crippen LogP contribution is -2.15. The number of anilines is 2. The van der Waals surface area contributed by atoms with Crippen LogP contribution in [0.15, 0.2) is 54.6 Å². The topological polar surface area (TPSA) is 174 Å². The Labute approximate surface area is 214 Å². The van der Waals surface area contributed by atoms with Crippen molar-refractivity contribution in [2.45, 2.75) is 39.9 Å². The summed E-state index contributed by atoms with van der Waals surface area (Å²) >= 11 is 0. The van der Waals surface area contributed by atoms with Crippen LogP contribution in [0.4, 0.5) is 11.4 Å². The number of phenolic OH excluding ortho intramolecular Hbond substituents is 1. The zero-order chi connectivity index (χ0) is 27.7. The summed E-state index contributed by atoms with van der Waals surface area (Å²) in [5.74, 6) is -1.12. The number of hydrogen-bond donors (Lipinski definition) is 5. The monoisotopic (exact) mass is 509 g/mol. The molecule has 0 fully saturated rings. The van der Waals surface area contributed by atoms with E-state index in [0.717, 1.165) is 5.56 Å². The summed E-state index contributed by atoms with van der Waals surface area (Å²) in [5.41, 5.74) is 12.3. The molecular weight excluding hydrogens is 478 g/mol. The fourth-order valence-corrected chi connectivity index (χ4v) is 3.32. The van der Waals surface area contributed by atoms with Crippen LogP contribution in [0.3, 0.4) is 0 Å². The Bertz CT molecular complexity index is 1270. The van der Waals surface area contributed by atoms with E-state index in [1.54, 1.807) is 38.1 Å². The summed E-state index contributed by atoms with van der Waals surface area (Å²) in [4.78, 5) is 32.8. The van der Waals surface area contributed by atoms with Gasteiger partial charge >= 0.3 is 5.97 Å². The highest BCUT2D eigenvalue weighted by Crippen LogP contribution is 2.36. The van der Waals surface area contributed by atoms with Crippen molar-refractivity contribution in [1.29, 1.82) is 0 Å². The van der Waals surface area contributed by atoms with Crippen LogP contribution in [-0.2, 0) is 4.79 Å². The number of primary amides is 1. The van der Waals surface area contributed by atoms with Gasteiger partial charge in [-0.25, -0.2) is 4.79 Å². The van der Waals surface area contributed by atoms with E-state index < -0.39 is 11.9 Å². The Kier molecular flexibility index (Phi) is 9.88. The highest BCUT2D eigenvalue weighted by atomic mass is 16.5.